The van der Waals surface area contributed by atoms with Gasteiger partial charge in [0.05, 0.1) is 29.3 Å². The SMILES string of the molecule is CCC(=O)OCCCCCCCCCOc1ccc(/N=N/c2cc3sc(/N=N/c4ccc(NCCOC(=O)CC)cc4)nc3s2)cc1. The molecule has 2 aromatic carbocycles. The van der Waals surface area contributed by atoms with Gasteiger partial charge in [0, 0.05) is 25.1 Å². The fraction of sp³-hybridized carbons (Fsp3) is 0.441. The molecule has 0 unspecified atom stereocenters. The molecule has 0 atom stereocenters. The van der Waals surface area contributed by atoms with E-state index in [9.17, 15) is 9.59 Å². The smallest absolute Gasteiger partial charge is 0.305 e. The highest BCUT2D eigenvalue weighted by atomic mass is 32.1. The third-order valence-corrected chi connectivity index (χ3v) is 8.81. The van der Waals surface area contributed by atoms with Crippen molar-refractivity contribution in [2.24, 2.45) is 20.5 Å². The number of carbonyl (C=O) groups excluding carboxylic acids is 2. The Balaban J connectivity index is 1.12. The third-order valence-electron chi connectivity index (χ3n) is 6.88. The van der Waals surface area contributed by atoms with Gasteiger partial charge in [-0.15, -0.1) is 20.5 Å². The van der Waals surface area contributed by atoms with Gasteiger partial charge in [-0.1, -0.05) is 68.6 Å². The Morgan fingerprint density at radius 2 is 1.30 bits per heavy atom. The number of carbonyl (C=O) groups is 2. The van der Waals surface area contributed by atoms with Crippen LogP contribution in [0.2, 0.25) is 0 Å². The highest BCUT2D eigenvalue weighted by Crippen LogP contribution is 2.39. The second-order valence-corrected chi connectivity index (χ2v) is 12.6. The Labute approximate surface area is 283 Å². The summed E-state index contributed by atoms with van der Waals surface area (Å²) in [5.74, 6) is 0.508. The molecule has 0 spiro atoms. The standard InChI is InChI=1S/C34H42N6O5S2/c1-3-31(41)44-22-11-9-7-5-6-8-10-21-43-28-18-16-27(17-19-28)37-39-30-24-29-33(47-30)36-34(46-29)40-38-26-14-12-25(13-15-26)35-20-23-45-32(42)4-2/h12-19,24,35H,3-11,20-23H2,1-2H3/b39-37+,40-38+. The van der Waals surface area contributed by atoms with Crippen molar-refractivity contribution in [3.05, 3.63) is 54.6 Å². The molecular weight excluding hydrogens is 637 g/mol. The Morgan fingerprint density at radius 1 is 0.702 bits per heavy atom. The Morgan fingerprint density at radius 3 is 1.96 bits per heavy atom. The Bertz CT molecular complexity index is 1550. The molecule has 0 fully saturated rings. The van der Waals surface area contributed by atoms with Gasteiger partial charge in [0.1, 0.15) is 22.2 Å². The molecule has 2 aromatic heterocycles. The summed E-state index contributed by atoms with van der Waals surface area (Å²) >= 11 is 2.91. The number of fused-ring (bicyclic) bond motifs is 1. The van der Waals surface area contributed by atoms with Gasteiger partial charge < -0.3 is 19.5 Å². The molecule has 0 radical (unpaired) electrons. The lowest BCUT2D eigenvalue weighted by Crippen LogP contribution is -2.12. The molecule has 13 heteroatoms. The number of hydrogen-bond donors (Lipinski definition) is 1. The lowest BCUT2D eigenvalue weighted by Gasteiger charge is -2.06. The van der Waals surface area contributed by atoms with Crippen LogP contribution >= 0.6 is 22.7 Å². The van der Waals surface area contributed by atoms with Gasteiger partial charge in [0.2, 0.25) is 5.13 Å². The minimum Gasteiger partial charge on any atom is -0.494 e. The minimum atomic E-state index is -0.204. The average Bonchev–Trinajstić information content (AvgIpc) is 3.66. The lowest BCUT2D eigenvalue weighted by molar-refractivity contribution is -0.144. The second-order valence-electron chi connectivity index (χ2n) is 10.6. The molecule has 47 heavy (non-hydrogen) atoms. The molecule has 11 nitrogen and oxygen atoms in total. The van der Waals surface area contributed by atoms with E-state index in [1.807, 2.05) is 61.5 Å². The predicted molar refractivity (Wildman–Crippen MR) is 188 cm³/mol. The van der Waals surface area contributed by atoms with Gasteiger partial charge in [0.25, 0.3) is 0 Å². The maximum atomic E-state index is 11.2. The molecule has 1 N–H and O–H groups in total. The maximum absolute atomic E-state index is 11.2. The predicted octanol–water partition coefficient (Wildman–Crippen LogP) is 10.6. The van der Waals surface area contributed by atoms with Crippen LogP contribution in [0.1, 0.15) is 71.6 Å². The van der Waals surface area contributed by atoms with E-state index in [1.54, 1.807) is 6.92 Å². The molecule has 0 saturated carbocycles. The van der Waals surface area contributed by atoms with E-state index in [-0.39, 0.29) is 11.9 Å². The van der Waals surface area contributed by atoms with E-state index < -0.39 is 0 Å². The van der Waals surface area contributed by atoms with Crippen molar-refractivity contribution < 1.29 is 23.8 Å². The van der Waals surface area contributed by atoms with Crippen LogP contribution in [0.15, 0.2) is 75.1 Å². The van der Waals surface area contributed by atoms with Gasteiger partial charge >= 0.3 is 11.9 Å². The summed E-state index contributed by atoms with van der Waals surface area (Å²) in [4.78, 5) is 27.7. The zero-order chi connectivity index (χ0) is 33.1. The number of unbranched alkanes of at least 4 members (excludes halogenated alkanes) is 6. The molecule has 0 aliphatic rings. The first-order chi connectivity index (χ1) is 23.0. The third kappa shape index (κ3) is 13.2. The number of anilines is 1. The number of aromatic nitrogens is 1. The normalized spacial score (nSPS) is 11.4. The Kier molecular flexibility index (Phi) is 15.2. The van der Waals surface area contributed by atoms with Crippen molar-refractivity contribution in [3.63, 3.8) is 0 Å². The molecule has 0 bridgehead atoms. The van der Waals surface area contributed by atoms with E-state index in [1.165, 1.54) is 41.9 Å². The number of esters is 2. The van der Waals surface area contributed by atoms with E-state index in [2.05, 4.69) is 30.8 Å². The van der Waals surface area contributed by atoms with E-state index in [0.29, 0.717) is 50.0 Å². The molecule has 0 aliphatic heterocycles. The molecular formula is C34H42N6O5S2. The van der Waals surface area contributed by atoms with Crippen molar-refractivity contribution in [2.45, 2.75) is 71.6 Å². The van der Waals surface area contributed by atoms with Crippen LogP contribution in [0.4, 0.5) is 27.2 Å². The highest BCUT2D eigenvalue weighted by Gasteiger charge is 2.09. The van der Waals surface area contributed by atoms with Crippen LogP contribution in [0.5, 0.6) is 5.75 Å². The summed E-state index contributed by atoms with van der Waals surface area (Å²) in [6, 6.07) is 17.1. The number of nitrogens with one attached hydrogen (secondary N) is 1. The monoisotopic (exact) mass is 678 g/mol. The number of ether oxygens (including phenoxy) is 3. The first-order valence-electron chi connectivity index (χ1n) is 16.1. The number of nitrogens with zero attached hydrogens (tertiary/aromatic N) is 5. The fourth-order valence-corrected chi connectivity index (χ4v) is 6.14. The highest BCUT2D eigenvalue weighted by molar-refractivity contribution is 7.30. The molecule has 4 aromatic rings. The fourth-order valence-electron chi connectivity index (χ4n) is 4.29. The summed E-state index contributed by atoms with van der Waals surface area (Å²) in [5.41, 5.74) is 2.37. The molecule has 250 valence electrons. The first-order valence-corrected chi connectivity index (χ1v) is 17.8. The summed E-state index contributed by atoms with van der Waals surface area (Å²) in [6.07, 6.45) is 8.60. The van der Waals surface area contributed by atoms with E-state index in [0.717, 1.165) is 57.3 Å². The van der Waals surface area contributed by atoms with Crippen molar-refractivity contribution in [1.82, 2.24) is 4.98 Å². The quantitative estimate of drug-likeness (QED) is 0.0526. The van der Waals surface area contributed by atoms with Gasteiger partial charge in [-0.05, 0) is 67.4 Å². The number of hydrogen-bond acceptors (Lipinski definition) is 13. The summed E-state index contributed by atoms with van der Waals surface area (Å²) in [6.45, 7) is 5.69. The maximum Gasteiger partial charge on any atom is 0.305 e. The number of thiazole rings is 1. The van der Waals surface area contributed by atoms with E-state index in [4.69, 9.17) is 14.2 Å². The molecule has 2 heterocycles. The van der Waals surface area contributed by atoms with Crippen molar-refractivity contribution in [1.29, 1.82) is 0 Å². The van der Waals surface area contributed by atoms with Gasteiger partial charge in [0.15, 0.2) is 0 Å². The molecule has 4 rings (SSSR count). The number of azo groups is 2. The van der Waals surface area contributed by atoms with Crippen LogP contribution in [-0.2, 0) is 19.1 Å². The summed E-state index contributed by atoms with van der Waals surface area (Å²) in [7, 11) is 0. The number of thiophene rings is 1. The molecule has 0 amide bonds. The number of benzene rings is 2. The van der Waals surface area contributed by atoms with Crippen LogP contribution in [0, 0.1) is 0 Å². The Hall–Kier alpha value is -4.23. The van der Waals surface area contributed by atoms with Gasteiger partial charge in [-0.2, -0.15) is 0 Å². The zero-order valence-corrected chi connectivity index (χ0v) is 28.6. The zero-order valence-electron chi connectivity index (χ0n) is 27.0. The summed E-state index contributed by atoms with van der Waals surface area (Å²) < 4.78 is 17.0. The van der Waals surface area contributed by atoms with Crippen LogP contribution < -0.4 is 10.1 Å². The van der Waals surface area contributed by atoms with Crippen molar-refractivity contribution in [3.8, 4) is 5.75 Å². The van der Waals surface area contributed by atoms with Gasteiger partial charge in [-0.25, -0.2) is 4.98 Å². The second kappa shape index (κ2) is 20.1. The summed E-state index contributed by atoms with van der Waals surface area (Å²) in [5, 5.41) is 21.9. The number of rotatable bonds is 21. The largest absolute Gasteiger partial charge is 0.494 e. The van der Waals surface area contributed by atoms with Crippen molar-refractivity contribution in [2.75, 3.05) is 31.7 Å². The van der Waals surface area contributed by atoms with Gasteiger partial charge in [-0.3, -0.25) is 9.59 Å². The average molecular weight is 679 g/mol. The minimum absolute atomic E-state index is 0.114. The van der Waals surface area contributed by atoms with Crippen molar-refractivity contribution >= 4 is 71.3 Å². The topological polar surface area (TPSA) is 136 Å². The molecule has 0 aliphatic carbocycles. The van der Waals surface area contributed by atoms with Crippen LogP contribution in [-0.4, -0.2) is 43.3 Å². The molecule has 0 saturated heterocycles. The van der Waals surface area contributed by atoms with E-state index >= 15 is 0 Å². The lowest BCUT2D eigenvalue weighted by atomic mass is 10.1. The first kappa shape index (κ1) is 35.6. The van der Waals surface area contributed by atoms with Crippen LogP contribution in [0.25, 0.3) is 9.53 Å². The van der Waals surface area contributed by atoms with Crippen LogP contribution in [0.3, 0.4) is 0 Å².